The van der Waals surface area contributed by atoms with E-state index >= 15 is 0 Å². The van der Waals surface area contributed by atoms with Gasteiger partial charge in [-0.15, -0.1) is 0 Å². The molecule has 2 heterocycles. The average Bonchev–Trinajstić information content (AvgIpc) is 2.62. The van der Waals surface area contributed by atoms with E-state index in [-0.39, 0.29) is 23.2 Å². The SMILES string of the molecule is CC(C)n1ccnc(NC2(C)CCOC2C)c1=O. The molecule has 0 saturated carbocycles. The number of hydrogen-bond acceptors (Lipinski definition) is 4. The number of aromatic nitrogens is 2. The summed E-state index contributed by atoms with van der Waals surface area (Å²) in [6, 6.07) is 0.131. The summed E-state index contributed by atoms with van der Waals surface area (Å²) in [6.07, 6.45) is 4.33. The predicted molar refractivity (Wildman–Crippen MR) is 70.9 cm³/mol. The summed E-state index contributed by atoms with van der Waals surface area (Å²) in [7, 11) is 0. The lowest BCUT2D eigenvalue weighted by molar-refractivity contribution is 0.105. The van der Waals surface area contributed by atoms with Gasteiger partial charge in [0, 0.05) is 25.0 Å². The molecule has 0 radical (unpaired) electrons. The van der Waals surface area contributed by atoms with E-state index in [9.17, 15) is 4.79 Å². The van der Waals surface area contributed by atoms with Crippen LogP contribution in [0.3, 0.4) is 0 Å². The maximum absolute atomic E-state index is 12.2. The van der Waals surface area contributed by atoms with Gasteiger partial charge in [-0.3, -0.25) is 4.79 Å². The first-order valence-corrected chi connectivity index (χ1v) is 6.41. The minimum atomic E-state index is -0.220. The summed E-state index contributed by atoms with van der Waals surface area (Å²) < 4.78 is 7.24. The third-order valence-corrected chi connectivity index (χ3v) is 3.71. The van der Waals surface area contributed by atoms with Crippen molar-refractivity contribution in [2.24, 2.45) is 0 Å². The van der Waals surface area contributed by atoms with Gasteiger partial charge in [0.2, 0.25) is 0 Å². The van der Waals surface area contributed by atoms with Gasteiger partial charge < -0.3 is 14.6 Å². The second-order valence-corrected chi connectivity index (χ2v) is 5.39. The molecule has 1 N–H and O–H groups in total. The van der Waals surface area contributed by atoms with Crippen LogP contribution in [0.1, 0.15) is 40.2 Å². The van der Waals surface area contributed by atoms with Crippen molar-refractivity contribution in [1.29, 1.82) is 0 Å². The monoisotopic (exact) mass is 251 g/mol. The van der Waals surface area contributed by atoms with E-state index in [1.807, 2.05) is 20.8 Å². The molecule has 0 amide bonds. The zero-order chi connectivity index (χ0) is 13.3. The largest absolute Gasteiger partial charge is 0.376 e. The van der Waals surface area contributed by atoms with Crippen LogP contribution in [0.25, 0.3) is 0 Å². The molecule has 1 aliphatic heterocycles. The smallest absolute Gasteiger partial charge is 0.293 e. The second-order valence-electron chi connectivity index (χ2n) is 5.39. The van der Waals surface area contributed by atoms with Crippen molar-refractivity contribution in [2.45, 2.75) is 51.8 Å². The van der Waals surface area contributed by atoms with Crippen molar-refractivity contribution in [2.75, 3.05) is 11.9 Å². The lowest BCUT2D eigenvalue weighted by atomic mass is 9.95. The Bertz CT molecular complexity index is 483. The molecule has 0 aliphatic carbocycles. The van der Waals surface area contributed by atoms with E-state index in [2.05, 4.69) is 17.2 Å². The Balaban J connectivity index is 2.30. The first-order valence-electron chi connectivity index (χ1n) is 6.41. The Labute approximate surface area is 107 Å². The Morgan fingerprint density at radius 3 is 2.89 bits per heavy atom. The van der Waals surface area contributed by atoms with E-state index in [0.717, 1.165) is 13.0 Å². The Kier molecular flexibility index (Phi) is 3.43. The topological polar surface area (TPSA) is 56.1 Å². The Hall–Kier alpha value is -1.36. The molecule has 2 atom stereocenters. The number of nitrogens with zero attached hydrogens (tertiary/aromatic N) is 2. The van der Waals surface area contributed by atoms with Gasteiger partial charge in [0.25, 0.3) is 5.56 Å². The van der Waals surface area contributed by atoms with Crippen molar-refractivity contribution >= 4 is 5.82 Å². The maximum atomic E-state index is 12.2. The van der Waals surface area contributed by atoms with Crippen LogP contribution in [-0.2, 0) is 4.74 Å². The Morgan fingerprint density at radius 1 is 1.61 bits per heavy atom. The fourth-order valence-electron chi connectivity index (χ4n) is 2.19. The minimum Gasteiger partial charge on any atom is -0.376 e. The maximum Gasteiger partial charge on any atom is 0.293 e. The molecular formula is C13H21N3O2. The second kappa shape index (κ2) is 4.72. The number of rotatable bonds is 3. The third kappa shape index (κ3) is 2.27. The van der Waals surface area contributed by atoms with E-state index in [1.54, 1.807) is 17.0 Å². The molecule has 2 rings (SSSR count). The molecule has 100 valence electrons. The predicted octanol–water partition coefficient (Wildman–Crippen LogP) is 1.80. The van der Waals surface area contributed by atoms with Gasteiger partial charge >= 0.3 is 0 Å². The number of hydrogen-bond donors (Lipinski definition) is 1. The molecule has 1 fully saturated rings. The first-order chi connectivity index (χ1) is 8.44. The molecule has 0 aromatic carbocycles. The summed E-state index contributed by atoms with van der Waals surface area (Å²) in [5.41, 5.74) is -0.296. The number of nitrogens with one attached hydrogen (secondary N) is 1. The molecule has 18 heavy (non-hydrogen) atoms. The highest BCUT2D eigenvalue weighted by Crippen LogP contribution is 2.27. The molecule has 1 aromatic heterocycles. The Morgan fingerprint density at radius 2 is 2.33 bits per heavy atom. The van der Waals surface area contributed by atoms with Gasteiger partial charge in [-0.25, -0.2) is 4.98 Å². The van der Waals surface area contributed by atoms with E-state index in [4.69, 9.17) is 4.74 Å². The molecule has 2 unspecified atom stereocenters. The zero-order valence-electron chi connectivity index (χ0n) is 11.4. The molecular weight excluding hydrogens is 230 g/mol. The molecule has 0 bridgehead atoms. The molecule has 5 heteroatoms. The van der Waals surface area contributed by atoms with Gasteiger partial charge in [-0.05, 0) is 34.1 Å². The summed E-state index contributed by atoms with van der Waals surface area (Å²) >= 11 is 0. The van der Waals surface area contributed by atoms with Gasteiger partial charge in [-0.1, -0.05) is 0 Å². The van der Waals surface area contributed by atoms with Crippen LogP contribution in [0.15, 0.2) is 17.2 Å². The van der Waals surface area contributed by atoms with E-state index < -0.39 is 0 Å². The van der Waals surface area contributed by atoms with Crippen LogP contribution in [0.4, 0.5) is 5.82 Å². The highest BCUT2D eigenvalue weighted by molar-refractivity contribution is 5.36. The summed E-state index contributed by atoms with van der Waals surface area (Å²) in [4.78, 5) is 16.4. The standard InChI is InChI=1S/C13H21N3O2/c1-9(2)16-7-6-14-11(12(16)17)15-13(4)5-8-18-10(13)3/h6-7,9-10H,5,8H2,1-4H3,(H,14,15). The minimum absolute atomic E-state index is 0.0754. The fraction of sp³-hybridized carbons (Fsp3) is 0.692. The highest BCUT2D eigenvalue weighted by Gasteiger charge is 2.37. The van der Waals surface area contributed by atoms with Crippen LogP contribution in [0.5, 0.6) is 0 Å². The lowest BCUT2D eigenvalue weighted by Crippen LogP contribution is -2.43. The first kappa shape index (κ1) is 13.1. The quantitative estimate of drug-likeness (QED) is 0.890. The van der Waals surface area contributed by atoms with Crippen molar-refractivity contribution in [1.82, 2.24) is 9.55 Å². The van der Waals surface area contributed by atoms with Gasteiger partial charge in [0.1, 0.15) is 0 Å². The average molecular weight is 251 g/mol. The van der Waals surface area contributed by atoms with Crippen LogP contribution in [0.2, 0.25) is 0 Å². The number of ether oxygens (including phenoxy) is 1. The van der Waals surface area contributed by atoms with Crippen molar-refractivity contribution in [3.8, 4) is 0 Å². The fourth-order valence-corrected chi connectivity index (χ4v) is 2.19. The van der Waals surface area contributed by atoms with Crippen LogP contribution in [-0.4, -0.2) is 27.8 Å². The lowest BCUT2D eigenvalue weighted by Gasteiger charge is -2.29. The molecule has 1 aromatic rings. The van der Waals surface area contributed by atoms with E-state index in [1.165, 1.54) is 0 Å². The van der Waals surface area contributed by atoms with Crippen molar-refractivity contribution < 1.29 is 4.74 Å². The molecule has 5 nitrogen and oxygen atoms in total. The summed E-state index contributed by atoms with van der Waals surface area (Å²) in [5, 5.41) is 3.26. The van der Waals surface area contributed by atoms with Crippen LogP contribution in [0, 0.1) is 0 Å². The van der Waals surface area contributed by atoms with Crippen LogP contribution < -0.4 is 10.9 Å². The van der Waals surface area contributed by atoms with Crippen LogP contribution >= 0.6 is 0 Å². The molecule has 1 aliphatic rings. The normalized spacial score (nSPS) is 27.7. The summed E-state index contributed by atoms with van der Waals surface area (Å²) in [6.45, 7) is 8.76. The molecule has 1 saturated heterocycles. The van der Waals surface area contributed by atoms with Gasteiger partial charge in [0.05, 0.1) is 11.6 Å². The van der Waals surface area contributed by atoms with Crippen molar-refractivity contribution in [3.63, 3.8) is 0 Å². The van der Waals surface area contributed by atoms with Gasteiger partial charge in [-0.2, -0.15) is 0 Å². The molecule has 0 spiro atoms. The number of anilines is 1. The van der Waals surface area contributed by atoms with Crippen molar-refractivity contribution in [3.05, 3.63) is 22.7 Å². The van der Waals surface area contributed by atoms with Gasteiger partial charge in [0.15, 0.2) is 5.82 Å². The van der Waals surface area contributed by atoms with E-state index in [0.29, 0.717) is 5.82 Å². The summed E-state index contributed by atoms with van der Waals surface area (Å²) in [5.74, 6) is 0.408. The highest BCUT2D eigenvalue weighted by atomic mass is 16.5. The third-order valence-electron chi connectivity index (χ3n) is 3.71. The zero-order valence-corrected chi connectivity index (χ0v) is 11.4.